The van der Waals surface area contributed by atoms with Gasteiger partial charge in [-0.05, 0) is 43.4 Å². The first-order valence-electron chi connectivity index (χ1n) is 7.70. The summed E-state index contributed by atoms with van der Waals surface area (Å²) in [6.07, 6.45) is 0.710. The minimum atomic E-state index is -0.967. The zero-order valence-electron chi connectivity index (χ0n) is 13.0. The first-order valence-corrected chi connectivity index (χ1v) is 8.11. The molecule has 6 heteroatoms. The number of nitrogens with one attached hydrogen (secondary N) is 1. The van der Waals surface area contributed by atoms with Gasteiger partial charge < -0.3 is 15.2 Å². The number of benzene rings is 2. The highest BCUT2D eigenvalue weighted by atomic mass is 32.1. The Morgan fingerprint density at radius 2 is 2.12 bits per heavy atom. The lowest BCUT2D eigenvalue weighted by Crippen LogP contribution is -2.65. The number of anilines is 1. The number of carboxylic acid groups (broad SMARTS) is 1. The monoisotopic (exact) mass is 340 g/mol. The van der Waals surface area contributed by atoms with Gasteiger partial charge in [0.2, 0.25) is 0 Å². The summed E-state index contributed by atoms with van der Waals surface area (Å²) >= 11 is 5.56. The summed E-state index contributed by atoms with van der Waals surface area (Å²) in [5, 5.41) is 13.1. The second kappa shape index (κ2) is 5.21. The van der Waals surface area contributed by atoms with E-state index in [1.807, 2.05) is 42.2 Å². The van der Waals surface area contributed by atoms with Gasteiger partial charge in [-0.25, -0.2) is 4.79 Å². The lowest BCUT2D eigenvalue weighted by molar-refractivity contribution is 0.0496. The Morgan fingerprint density at radius 3 is 2.92 bits per heavy atom. The molecule has 2 heterocycles. The lowest BCUT2D eigenvalue weighted by atomic mass is 9.90. The molecular formula is C18H16N2O3S. The molecule has 0 spiro atoms. The fourth-order valence-electron chi connectivity index (χ4n) is 3.49. The second-order valence-corrected chi connectivity index (χ2v) is 6.60. The van der Waals surface area contributed by atoms with Crippen molar-refractivity contribution in [2.45, 2.75) is 25.1 Å². The summed E-state index contributed by atoms with van der Waals surface area (Å²) in [4.78, 5) is 13.1. The Morgan fingerprint density at radius 1 is 1.33 bits per heavy atom. The Labute approximate surface area is 144 Å². The summed E-state index contributed by atoms with van der Waals surface area (Å²) in [5.74, 6) is -0.142. The fourth-order valence-corrected chi connectivity index (χ4v) is 3.93. The Balaban J connectivity index is 1.79. The number of thiocarbonyl (C=S) groups is 1. The summed E-state index contributed by atoms with van der Waals surface area (Å²) < 4.78 is 6.28. The van der Waals surface area contributed by atoms with E-state index in [0.29, 0.717) is 17.2 Å². The maximum Gasteiger partial charge on any atom is 0.335 e. The normalized spacial score (nSPS) is 24.6. The number of carbonyl (C=O) groups is 1. The maximum atomic E-state index is 11.3. The third kappa shape index (κ3) is 2.22. The molecule has 2 aliphatic heterocycles. The molecule has 2 N–H and O–H groups in total. The van der Waals surface area contributed by atoms with Crippen LogP contribution >= 0.6 is 12.2 Å². The highest BCUT2D eigenvalue weighted by Gasteiger charge is 2.48. The molecule has 4 rings (SSSR count). The quantitative estimate of drug-likeness (QED) is 0.818. The Bertz CT molecular complexity index is 854. The number of fused-ring (bicyclic) bond motifs is 4. The number of ether oxygens (including phenoxy) is 1. The van der Waals surface area contributed by atoms with Gasteiger partial charge in [0.05, 0.1) is 11.6 Å². The predicted molar refractivity (Wildman–Crippen MR) is 94.4 cm³/mol. The van der Waals surface area contributed by atoms with Crippen LogP contribution in [0.2, 0.25) is 0 Å². The van der Waals surface area contributed by atoms with Crippen LogP contribution in [0.1, 0.15) is 35.3 Å². The average molecular weight is 340 g/mol. The van der Waals surface area contributed by atoms with E-state index in [9.17, 15) is 9.90 Å². The van der Waals surface area contributed by atoms with Crippen LogP contribution in [0.3, 0.4) is 0 Å². The molecule has 0 amide bonds. The van der Waals surface area contributed by atoms with E-state index in [1.54, 1.807) is 18.2 Å². The van der Waals surface area contributed by atoms with Gasteiger partial charge in [-0.3, -0.25) is 4.90 Å². The smallest absolute Gasteiger partial charge is 0.335 e. The molecule has 2 bridgehead atoms. The van der Waals surface area contributed by atoms with Gasteiger partial charge in [-0.2, -0.15) is 0 Å². The summed E-state index contributed by atoms with van der Waals surface area (Å²) in [7, 11) is 0. The summed E-state index contributed by atoms with van der Waals surface area (Å²) in [6, 6.07) is 14.7. The van der Waals surface area contributed by atoms with Gasteiger partial charge in [-0.1, -0.05) is 24.3 Å². The van der Waals surface area contributed by atoms with Crippen LogP contribution in [-0.4, -0.2) is 21.9 Å². The van der Waals surface area contributed by atoms with E-state index in [2.05, 4.69) is 5.32 Å². The summed E-state index contributed by atoms with van der Waals surface area (Å²) in [6.45, 7) is 1.98. The topological polar surface area (TPSA) is 61.8 Å². The molecule has 2 aliphatic rings. The van der Waals surface area contributed by atoms with E-state index < -0.39 is 11.7 Å². The van der Waals surface area contributed by atoms with Crippen LogP contribution < -0.4 is 15.0 Å². The van der Waals surface area contributed by atoms with E-state index in [-0.39, 0.29) is 11.6 Å². The van der Waals surface area contributed by atoms with E-state index in [0.717, 1.165) is 11.3 Å². The highest BCUT2D eigenvalue weighted by molar-refractivity contribution is 7.80. The van der Waals surface area contributed by atoms with Gasteiger partial charge in [-0.15, -0.1) is 0 Å². The van der Waals surface area contributed by atoms with Crippen molar-refractivity contribution >= 4 is 29.0 Å². The van der Waals surface area contributed by atoms with Gasteiger partial charge in [0.25, 0.3) is 0 Å². The van der Waals surface area contributed by atoms with Crippen molar-refractivity contribution in [3.05, 3.63) is 59.7 Å². The van der Waals surface area contributed by atoms with Crippen molar-refractivity contribution in [2.24, 2.45) is 0 Å². The van der Waals surface area contributed by atoms with Gasteiger partial charge in [0.15, 0.2) is 10.8 Å². The van der Waals surface area contributed by atoms with Gasteiger partial charge >= 0.3 is 5.97 Å². The van der Waals surface area contributed by atoms with Crippen LogP contribution in [0, 0.1) is 0 Å². The predicted octanol–water partition coefficient (Wildman–Crippen LogP) is 3.32. The standard InChI is InChI=1S/C18H16N2O3S/c1-18-10-14(13-7-2-3-8-15(13)23-18)19-17(24)20(18)12-6-4-5-11(9-12)16(21)22/h2-9,14H,10H2,1H3,(H,19,24)(H,21,22)/t14-,18-/m1/s1. The van der Waals surface area contributed by atoms with Gasteiger partial charge in [0, 0.05) is 17.7 Å². The van der Waals surface area contributed by atoms with E-state index >= 15 is 0 Å². The molecule has 2 aromatic carbocycles. The van der Waals surface area contributed by atoms with Crippen molar-refractivity contribution < 1.29 is 14.6 Å². The number of aromatic carboxylic acids is 1. The molecule has 5 nitrogen and oxygen atoms in total. The average Bonchev–Trinajstić information content (AvgIpc) is 2.54. The van der Waals surface area contributed by atoms with Crippen LogP contribution in [0.5, 0.6) is 5.75 Å². The zero-order chi connectivity index (χ0) is 16.9. The number of nitrogens with zero attached hydrogens (tertiary/aromatic N) is 1. The molecule has 2 aromatic rings. The molecular weight excluding hydrogens is 324 g/mol. The van der Waals surface area contributed by atoms with E-state index in [4.69, 9.17) is 17.0 Å². The molecule has 0 aromatic heterocycles. The molecule has 0 radical (unpaired) electrons. The summed E-state index contributed by atoms with van der Waals surface area (Å²) in [5.41, 5.74) is 1.35. The third-order valence-corrected chi connectivity index (χ3v) is 4.83. The first kappa shape index (κ1) is 15.0. The number of hydrogen-bond acceptors (Lipinski definition) is 3. The molecule has 24 heavy (non-hydrogen) atoms. The largest absolute Gasteiger partial charge is 0.478 e. The lowest BCUT2D eigenvalue weighted by Gasteiger charge is -2.52. The molecule has 1 fully saturated rings. The zero-order valence-corrected chi connectivity index (χ0v) is 13.8. The fraction of sp³-hybridized carbons (Fsp3) is 0.222. The van der Waals surface area contributed by atoms with Crippen LogP contribution in [0.4, 0.5) is 5.69 Å². The van der Waals surface area contributed by atoms with Crippen molar-refractivity contribution in [2.75, 3.05) is 4.90 Å². The molecule has 122 valence electrons. The van der Waals surface area contributed by atoms with Crippen LogP contribution in [-0.2, 0) is 0 Å². The van der Waals surface area contributed by atoms with Crippen molar-refractivity contribution in [3.8, 4) is 5.75 Å². The minimum absolute atomic E-state index is 0.0892. The van der Waals surface area contributed by atoms with Crippen molar-refractivity contribution in [3.63, 3.8) is 0 Å². The molecule has 0 saturated carbocycles. The SMILES string of the molecule is C[C@@]12C[C@@H](NC(=S)N1c1cccc(C(=O)O)c1)c1ccccc1O2. The number of rotatable bonds is 2. The third-order valence-electron chi connectivity index (χ3n) is 4.53. The first-order chi connectivity index (χ1) is 11.5. The van der Waals surface area contributed by atoms with Gasteiger partial charge in [0.1, 0.15) is 5.75 Å². The highest BCUT2D eigenvalue weighted by Crippen LogP contribution is 2.45. The number of carboxylic acids is 1. The van der Waals surface area contributed by atoms with Crippen LogP contribution in [0.15, 0.2) is 48.5 Å². The Hall–Kier alpha value is -2.60. The minimum Gasteiger partial charge on any atom is -0.478 e. The molecule has 0 aliphatic carbocycles. The van der Waals surface area contributed by atoms with Crippen molar-refractivity contribution in [1.82, 2.24) is 5.32 Å². The number of hydrogen-bond donors (Lipinski definition) is 2. The Kier molecular flexibility index (Phi) is 3.25. The van der Waals surface area contributed by atoms with Crippen molar-refractivity contribution in [1.29, 1.82) is 0 Å². The maximum absolute atomic E-state index is 11.3. The molecule has 2 atom stereocenters. The number of para-hydroxylation sites is 1. The second-order valence-electron chi connectivity index (χ2n) is 6.21. The van der Waals surface area contributed by atoms with E-state index in [1.165, 1.54) is 0 Å². The molecule has 0 unspecified atom stereocenters. The molecule has 1 saturated heterocycles. The van der Waals surface area contributed by atoms with Crippen LogP contribution in [0.25, 0.3) is 0 Å².